The van der Waals surface area contributed by atoms with Gasteiger partial charge in [-0.25, -0.2) is 0 Å². The summed E-state index contributed by atoms with van der Waals surface area (Å²) in [5.41, 5.74) is 1.07. The van der Waals surface area contributed by atoms with Crippen molar-refractivity contribution in [3.63, 3.8) is 0 Å². The number of hydrogen-bond donors (Lipinski definition) is 1. The van der Waals surface area contributed by atoms with Gasteiger partial charge in [0.05, 0.1) is 15.8 Å². The van der Waals surface area contributed by atoms with Crippen molar-refractivity contribution in [3.8, 4) is 0 Å². The van der Waals surface area contributed by atoms with Gasteiger partial charge in [0.15, 0.2) is 0 Å². The fourth-order valence-electron chi connectivity index (χ4n) is 1.15. The zero-order valence-electron chi connectivity index (χ0n) is 8.43. The molecule has 78 valence electrons. The van der Waals surface area contributed by atoms with Crippen LogP contribution in [0.15, 0.2) is 40.9 Å². The van der Waals surface area contributed by atoms with E-state index in [1.165, 1.54) is 9.09 Å². The van der Waals surface area contributed by atoms with Crippen LogP contribution in [0.5, 0.6) is 0 Å². The molecule has 2 nitrogen and oxygen atoms in total. The van der Waals surface area contributed by atoms with Gasteiger partial charge in [-0.15, -0.1) is 11.3 Å². The van der Waals surface area contributed by atoms with Gasteiger partial charge < -0.3 is 5.32 Å². The van der Waals surface area contributed by atoms with E-state index in [4.69, 9.17) is 0 Å². The summed E-state index contributed by atoms with van der Waals surface area (Å²) in [5.74, 6) is 0.881. The fraction of sp³-hybridized carbons (Fsp3) is 0.182. The van der Waals surface area contributed by atoms with Crippen LogP contribution in [0.3, 0.4) is 0 Å². The van der Waals surface area contributed by atoms with E-state index >= 15 is 0 Å². The number of thiophene rings is 1. The molecule has 0 saturated carbocycles. The minimum atomic E-state index is 0.881. The van der Waals surface area contributed by atoms with E-state index in [-0.39, 0.29) is 0 Å². The zero-order valence-corrected chi connectivity index (χ0v) is 10.1. The Hall–Kier alpha value is -1.00. The maximum Gasteiger partial charge on any atom is 0.0665 e. The van der Waals surface area contributed by atoms with Crippen molar-refractivity contribution in [2.45, 2.75) is 11.1 Å². The van der Waals surface area contributed by atoms with Crippen molar-refractivity contribution in [3.05, 3.63) is 41.5 Å². The summed E-state index contributed by atoms with van der Waals surface area (Å²) in [6.45, 7) is 2.13. The molecule has 0 spiro atoms. The molecule has 0 saturated heterocycles. The molecule has 0 amide bonds. The molecule has 2 rings (SSSR count). The highest BCUT2D eigenvalue weighted by molar-refractivity contribution is 8.01. The normalized spacial score (nSPS) is 10.2. The third kappa shape index (κ3) is 3.25. The highest BCUT2D eigenvalue weighted by atomic mass is 32.2. The summed E-state index contributed by atoms with van der Waals surface area (Å²) < 4.78 is 1.35. The molecule has 0 aliphatic carbocycles. The van der Waals surface area contributed by atoms with E-state index in [1.807, 2.05) is 41.4 Å². The maximum absolute atomic E-state index is 4.05. The summed E-state index contributed by atoms with van der Waals surface area (Å²) in [4.78, 5) is 5.41. The molecule has 1 N–H and O–H groups in total. The minimum absolute atomic E-state index is 0.881. The second-order valence-corrected chi connectivity index (χ2v) is 5.64. The lowest BCUT2D eigenvalue weighted by Crippen LogP contribution is -1.96. The lowest BCUT2D eigenvalue weighted by atomic mass is 10.4. The van der Waals surface area contributed by atoms with Crippen molar-refractivity contribution in [2.24, 2.45) is 0 Å². The van der Waals surface area contributed by atoms with E-state index in [0.717, 1.165) is 11.6 Å². The number of anilines is 1. The number of thioether (sulfide) groups is 1. The van der Waals surface area contributed by atoms with Gasteiger partial charge in [0.2, 0.25) is 0 Å². The first-order valence-corrected chi connectivity index (χ1v) is 6.48. The lowest BCUT2D eigenvalue weighted by Gasteiger charge is -2.03. The van der Waals surface area contributed by atoms with Gasteiger partial charge in [0.25, 0.3) is 0 Å². The molecule has 0 aliphatic heterocycles. The molecule has 2 aromatic heterocycles. The first-order valence-electron chi connectivity index (χ1n) is 4.68. The van der Waals surface area contributed by atoms with Crippen molar-refractivity contribution >= 4 is 28.8 Å². The summed E-state index contributed by atoms with van der Waals surface area (Å²) >= 11 is 3.65. The van der Waals surface area contributed by atoms with E-state index in [2.05, 4.69) is 29.4 Å². The Morgan fingerprint density at radius 1 is 1.40 bits per heavy atom. The molecule has 0 fully saturated rings. The van der Waals surface area contributed by atoms with Gasteiger partial charge in [0.1, 0.15) is 0 Å². The monoisotopic (exact) mass is 236 g/mol. The largest absolute Gasteiger partial charge is 0.374 e. The van der Waals surface area contributed by atoms with Crippen LogP contribution >= 0.6 is 23.1 Å². The Kier molecular flexibility index (Phi) is 3.64. The molecule has 0 unspecified atom stereocenters. The molecule has 0 aliphatic rings. The van der Waals surface area contributed by atoms with Crippen molar-refractivity contribution in [1.82, 2.24) is 4.98 Å². The van der Waals surface area contributed by atoms with Gasteiger partial charge in [-0.3, -0.25) is 4.98 Å². The average Bonchev–Trinajstić information content (AvgIpc) is 2.66. The summed E-state index contributed by atoms with van der Waals surface area (Å²) in [6.07, 6.45) is 3.61. The molecule has 0 radical (unpaired) electrons. The highest BCUT2D eigenvalue weighted by Gasteiger charge is 1.96. The SMILES string of the molecule is Cc1ccc(SCNc2cccnc2)s1. The smallest absolute Gasteiger partial charge is 0.0665 e. The van der Waals surface area contributed by atoms with Gasteiger partial charge in [-0.2, -0.15) is 0 Å². The molecular formula is C11H12N2S2. The first-order chi connectivity index (χ1) is 7.34. The average molecular weight is 236 g/mol. The van der Waals surface area contributed by atoms with Gasteiger partial charge in [-0.1, -0.05) is 11.8 Å². The number of pyridine rings is 1. The second-order valence-electron chi connectivity index (χ2n) is 3.07. The molecule has 2 aromatic rings. The van der Waals surface area contributed by atoms with Gasteiger partial charge in [-0.05, 0) is 31.2 Å². The molecular weight excluding hydrogens is 224 g/mol. The van der Waals surface area contributed by atoms with Crippen LogP contribution in [0.4, 0.5) is 5.69 Å². The molecule has 0 aromatic carbocycles. The van der Waals surface area contributed by atoms with Crippen molar-refractivity contribution in [1.29, 1.82) is 0 Å². The summed E-state index contributed by atoms with van der Waals surface area (Å²) in [5, 5.41) is 3.31. The van der Waals surface area contributed by atoms with Gasteiger partial charge >= 0.3 is 0 Å². The molecule has 0 bridgehead atoms. The van der Waals surface area contributed by atoms with Gasteiger partial charge in [0, 0.05) is 17.3 Å². The lowest BCUT2D eigenvalue weighted by molar-refractivity contribution is 1.30. The Labute approximate surface area is 97.8 Å². The van der Waals surface area contributed by atoms with E-state index < -0.39 is 0 Å². The predicted octanol–water partition coefficient (Wildman–Crippen LogP) is 3.61. The number of rotatable bonds is 4. The summed E-state index contributed by atoms with van der Waals surface area (Å²) in [6, 6.07) is 8.27. The Balaban J connectivity index is 1.80. The third-order valence-corrected chi connectivity index (χ3v) is 3.98. The number of aromatic nitrogens is 1. The van der Waals surface area contributed by atoms with Crippen molar-refractivity contribution < 1.29 is 0 Å². The Morgan fingerprint density at radius 3 is 3.00 bits per heavy atom. The van der Waals surface area contributed by atoms with Crippen molar-refractivity contribution in [2.75, 3.05) is 11.2 Å². The van der Waals surface area contributed by atoms with Crippen LogP contribution in [-0.4, -0.2) is 10.9 Å². The topological polar surface area (TPSA) is 24.9 Å². The van der Waals surface area contributed by atoms with Crippen LogP contribution in [0.2, 0.25) is 0 Å². The van der Waals surface area contributed by atoms with Crippen LogP contribution in [0, 0.1) is 6.92 Å². The number of nitrogens with one attached hydrogen (secondary N) is 1. The Bertz CT molecular complexity index is 412. The van der Waals surface area contributed by atoms with E-state index in [9.17, 15) is 0 Å². The summed E-state index contributed by atoms with van der Waals surface area (Å²) in [7, 11) is 0. The minimum Gasteiger partial charge on any atom is -0.374 e. The molecule has 0 atom stereocenters. The predicted molar refractivity (Wildman–Crippen MR) is 67.6 cm³/mol. The van der Waals surface area contributed by atoms with Crippen LogP contribution in [-0.2, 0) is 0 Å². The highest BCUT2D eigenvalue weighted by Crippen LogP contribution is 2.26. The number of nitrogens with zero attached hydrogens (tertiary/aromatic N) is 1. The molecule has 4 heteroatoms. The standard InChI is InChI=1S/C11H12N2S2/c1-9-4-5-11(15-9)14-8-13-10-3-2-6-12-7-10/h2-7,13H,8H2,1H3. The quantitative estimate of drug-likeness (QED) is 0.648. The second kappa shape index (κ2) is 5.19. The first kappa shape index (κ1) is 10.5. The zero-order chi connectivity index (χ0) is 10.5. The van der Waals surface area contributed by atoms with Crippen LogP contribution in [0.1, 0.15) is 4.88 Å². The molecule has 2 heterocycles. The fourth-order valence-corrected chi connectivity index (χ4v) is 3.09. The van der Waals surface area contributed by atoms with E-state index in [0.29, 0.717) is 0 Å². The van der Waals surface area contributed by atoms with Crippen LogP contribution in [0.25, 0.3) is 0 Å². The maximum atomic E-state index is 4.05. The number of hydrogen-bond acceptors (Lipinski definition) is 4. The van der Waals surface area contributed by atoms with E-state index in [1.54, 1.807) is 6.20 Å². The third-order valence-electron chi connectivity index (χ3n) is 1.87. The number of aryl methyl sites for hydroxylation is 1. The Morgan fingerprint density at radius 2 is 2.33 bits per heavy atom. The molecule has 15 heavy (non-hydrogen) atoms. The van der Waals surface area contributed by atoms with Crippen LogP contribution < -0.4 is 5.32 Å².